The average molecular weight is 140 g/mol. The van der Waals surface area contributed by atoms with Crippen molar-refractivity contribution in [2.45, 2.75) is 31.2 Å². The van der Waals surface area contributed by atoms with Crippen molar-refractivity contribution in [1.82, 2.24) is 0 Å². The van der Waals surface area contributed by atoms with E-state index in [1.165, 1.54) is 0 Å². The van der Waals surface area contributed by atoms with E-state index in [4.69, 9.17) is 4.74 Å². The number of rotatable bonds is 1. The van der Waals surface area contributed by atoms with Crippen LogP contribution in [0.25, 0.3) is 0 Å². The summed E-state index contributed by atoms with van der Waals surface area (Å²) in [6.45, 7) is 5.70. The molecule has 1 saturated heterocycles. The van der Waals surface area contributed by atoms with E-state index in [2.05, 4.69) is 6.58 Å². The summed E-state index contributed by atoms with van der Waals surface area (Å²) >= 11 is 0. The van der Waals surface area contributed by atoms with Crippen LogP contribution in [-0.4, -0.2) is 22.9 Å². The number of fused-ring (bicyclic) bond motifs is 1. The van der Waals surface area contributed by atoms with Crippen molar-refractivity contribution in [3.63, 3.8) is 0 Å². The van der Waals surface area contributed by atoms with Gasteiger partial charge in [0.25, 0.3) is 0 Å². The van der Waals surface area contributed by atoms with Gasteiger partial charge in [0.1, 0.15) is 5.60 Å². The standard InChI is InChI=1S/C8H12O2/c1-3-8-6(10-8)4-5(2)7(8)9/h3,5-7,9H,1,4H2,2H3. The lowest BCUT2D eigenvalue weighted by atomic mass is 10.0. The third kappa shape index (κ3) is 0.516. The van der Waals surface area contributed by atoms with Gasteiger partial charge >= 0.3 is 0 Å². The number of hydrogen-bond donors (Lipinski definition) is 1. The summed E-state index contributed by atoms with van der Waals surface area (Å²) in [5.41, 5.74) is -0.348. The van der Waals surface area contributed by atoms with Gasteiger partial charge < -0.3 is 9.84 Å². The van der Waals surface area contributed by atoms with Crippen LogP contribution in [0.2, 0.25) is 0 Å². The van der Waals surface area contributed by atoms with E-state index >= 15 is 0 Å². The molecule has 1 saturated carbocycles. The minimum absolute atomic E-state index is 0.259. The third-order valence-corrected chi connectivity index (χ3v) is 2.70. The molecule has 2 heteroatoms. The first-order chi connectivity index (χ1) is 4.70. The highest BCUT2D eigenvalue weighted by Gasteiger charge is 2.65. The van der Waals surface area contributed by atoms with Crippen molar-refractivity contribution in [1.29, 1.82) is 0 Å². The normalized spacial score (nSPS) is 58.0. The molecule has 2 aliphatic rings. The van der Waals surface area contributed by atoms with Gasteiger partial charge in [-0.25, -0.2) is 0 Å². The fourth-order valence-electron chi connectivity index (χ4n) is 1.92. The molecule has 0 bridgehead atoms. The van der Waals surface area contributed by atoms with E-state index in [0.29, 0.717) is 5.92 Å². The van der Waals surface area contributed by atoms with Gasteiger partial charge in [-0.1, -0.05) is 13.0 Å². The predicted octanol–water partition coefficient (Wildman–Crippen LogP) is 0.711. The van der Waals surface area contributed by atoms with Crippen LogP contribution in [0.4, 0.5) is 0 Å². The molecule has 1 aliphatic heterocycles. The van der Waals surface area contributed by atoms with Crippen molar-refractivity contribution in [2.75, 3.05) is 0 Å². The first kappa shape index (κ1) is 6.38. The summed E-state index contributed by atoms with van der Waals surface area (Å²) in [7, 11) is 0. The Bertz CT molecular complexity index is 178. The molecule has 1 N–H and O–H groups in total. The van der Waals surface area contributed by atoms with Crippen LogP contribution in [0.1, 0.15) is 13.3 Å². The van der Waals surface area contributed by atoms with Gasteiger partial charge in [-0.05, 0) is 12.3 Å². The molecule has 4 unspecified atom stereocenters. The molecule has 0 aromatic heterocycles. The highest BCUT2D eigenvalue weighted by Crippen LogP contribution is 2.53. The molecule has 2 fully saturated rings. The maximum atomic E-state index is 9.56. The Morgan fingerprint density at radius 1 is 1.80 bits per heavy atom. The fraction of sp³-hybridized carbons (Fsp3) is 0.750. The molecular weight excluding hydrogens is 128 g/mol. The smallest absolute Gasteiger partial charge is 0.139 e. The lowest BCUT2D eigenvalue weighted by Gasteiger charge is -2.15. The molecule has 1 aliphatic carbocycles. The molecule has 56 valence electrons. The molecule has 0 spiro atoms. The van der Waals surface area contributed by atoms with Gasteiger partial charge in [-0.15, -0.1) is 6.58 Å². The molecule has 1 heterocycles. The monoisotopic (exact) mass is 140 g/mol. The van der Waals surface area contributed by atoms with Gasteiger partial charge in [-0.2, -0.15) is 0 Å². The minimum atomic E-state index is -0.348. The van der Waals surface area contributed by atoms with E-state index in [0.717, 1.165) is 6.42 Å². The van der Waals surface area contributed by atoms with Crippen LogP contribution < -0.4 is 0 Å². The van der Waals surface area contributed by atoms with Crippen LogP contribution in [0, 0.1) is 5.92 Å². The molecule has 10 heavy (non-hydrogen) atoms. The number of aliphatic hydroxyl groups excluding tert-OH is 1. The van der Waals surface area contributed by atoms with Crippen molar-refractivity contribution < 1.29 is 9.84 Å². The van der Waals surface area contributed by atoms with Gasteiger partial charge in [0.05, 0.1) is 12.2 Å². The fourth-order valence-corrected chi connectivity index (χ4v) is 1.92. The summed E-state index contributed by atoms with van der Waals surface area (Å²) in [5.74, 6) is 0.372. The summed E-state index contributed by atoms with van der Waals surface area (Å²) in [6, 6.07) is 0. The zero-order chi connectivity index (χ0) is 7.35. The van der Waals surface area contributed by atoms with Crippen molar-refractivity contribution in [2.24, 2.45) is 5.92 Å². The van der Waals surface area contributed by atoms with Crippen LogP contribution in [0.3, 0.4) is 0 Å². The second kappa shape index (κ2) is 1.63. The zero-order valence-electron chi connectivity index (χ0n) is 6.08. The number of aliphatic hydroxyl groups is 1. The molecular formula is C8H12O2. The van der Waals surface area contributed by atoms with Crippen LogP contribution in [0.15, 0.2) is 12.7 Å². The van der Waals surface area contributed by atoms with Gasteiger partial charge in [0.2, 0.25) is 0 Å². The first-order valence-electron chi connectivity index (χ1n) is 3.70. The first-order valence-corrected chi connectivity index (χ1v) is 3.70. The van der Waals surface area contributed by atoms with Crippen molar-refractivity contribution in [3.05, 3.63) is 12.7 Å². The van der Waals surface area contributed by atoms with Gasteiger partial charge in [0, 0.05) is 0 Å². The molecule has 2 rings (SSSR count). The lowest BCUT2D eigenvalue weighted by Crippen LogP contribution is -2.28. The highest BCUT2D eigenvalue weighted by atomic mass is 16.6. The predicted molar refractivity (Wildman–Crippen MR) is 37.6 cm³/mol. The van der Waals surface area contributed by atoms with Gasteiger partial charge in [0.15, 0.2) is 0 Å². The van der Waals surface area contributed by atoms with E-state index < -0.39 is 0 Å². The number of hydrogen-bond acceptors (Lipinski definition) is 2. The minimum Gasteiger partial charge on any atom is -0.389 e. The van der Waals surface area contributed by atoms with Crippen LogP contribution >= 0.6 is 0 Å². The summed E-state index contributed by atoms with van der Waals surface area (Å²) in [4.78, 5) is 0. The molecule has 0 radical (unpaired) electrons. The topological polar surface area (TPSA) is 32.8 Å². The summed E-state index contributed by atoms with van der Waals surface area (Å²) in [5, 5.41) is 9.56. The Morgan fingerprint density at radius 3 is 2.80 bits per heavy atom. The van der Waals surface area contributed by atoms with E-state index in [9.17, 15) is 5.11 Å². The van der Waals surface area contributed by atoms with E-state index in [-0.39, 0.29) is 17.8 Å². The molecule has 0 aromatic rings. The Morgan fingerprint density at radius 2 is 2.50 bits per heavy atom. The van der Waals surface area contributed by atoms with Gasteiger partial charge in [-0.3, -0.25) is 0 Å². The van der Waals surface area contributed by atoms with E-state index in [1.807, 2.05) is 6.92 Å². The molecule has 0 amide bonds. The zero-order valence-corrected chi connectivity index (χ0v) is 6.08. The van der Waals surface area contributed by atoms with Crippen molar-refractivity contribution >= 4 is 0 Å². The largest absolute Gasteiger partial charge is 0.389 e. The Labute approximate surface area is 60.5 Å². The van der Waals surface area contributed by atoms with Crippen LogP contribution in [0.5, 0.6) is 0 Å². The number of epoxide rings is 1. The molecule has 2 nitrogen and oxygen atoms in total. The Kier molecular flexibility index (Phi) is 1.04. The Balaban J connectivity index is 2.22. The highest BCUT2D eigenvalue weighted by molar-refractivity contribution is 5.23. The molecule has 0 aromatic carbocycles. The van der Waals surface area contributed by atoms with Crippen LogP contribution in [-0.2, 0) is 4.74 Å². The lowest BCUT2D eigenvalue weighted by molar-refractivity contribution is 0.0500. The average Bonchev–Trinajstić information content (AvgIpc) is 2.57. The maximum Gasteiger partial charge on any atom is 0.139 e. The van der Waals surface area contributed by atoms with Crippen molar-refractivity contribution in [3.8, 4) is 0 Å². The molecule has 4 atom stereocenters. The second-order valence-corrected chi connectivity index (χ2v) is 3.32. The Hall–Kier alpha value is -0.340. The third-order valence-electron chi connectivity index (χ3n) is 2.70. The second-order valence-electron chi connectivity index (χ2n) is 3.32. The summed E-state index contributed by atoms with van der Waals surface area (Å²) in [6.07, 6.45) is 2.66. The maximum absolute atomic E-state index is 9.56. The SMILES string of the molecule is C=CC12OC1CC(C)C2O. The summed E-state index contributed by atoms with van der Waals surface area (Å²) < 4.78 is 5.30. The quantitative estimate of drug-likeness (QED) is 0.430. The number of ether oxygens (including phenoxy) is 1. The van der Waals surface area contributed by atoms with E-state index in [1.54, 1.807) is 6.08 Å².